The van der Waals surface area contributed by atoms with E-state index in [1.807, 2.05) is 0 Å². The topological polar surface area (TPSA) is 12.9 Å². The van der Waals surface area contributed by atoms with Gasteiger partial charge in [-0.25, -0.2) is 4.39 Å². The largest absolute Gasteiger partial charge is 0.270 e. The van der Waals surface area contributed by atoms with E-state index in [1.54, 1.807) is 6.07 Å². The van der Waals surface area contributed by atoms with Crippen molar-refractivity contribution in [1.29, 1.82) is 0 Å². The Labute approximate surface area is 68.2 Å². The molecule has 1 nitrogen and oxygen atoms in total. The van der Waals surface area contributed by atoms with Gasteiger partial charge < -0.3 is 0 Å². The van der Waals surface area contributed by atoms with Gasteiger partial charge in [-0.2, -0.15) is 0 Å². The van der Waals surface area contributed by atoms with Crippen LogP contribution < -0.4 is 5.59 Å². The summed E-state index contributed by atoms with van der Waals surface area (Å²) in [6, 6.07) is 1.58. The summed E-state index contributed by atoms with van der Waals surface area (Å²) in [6.45, 7) is 0. The first kappa shape index (κ1) is 7.73. The van der Waals surface area contributed by atoms with Gasteiger partial charge in [0, 0.05) is 22.7 Å². The van der Waals surface area contributed by atoms with Crippen LogP contribution in [0.1, 0.15) is 5.56 Å². The number of pyridine rings is 1. The summed E-state index contributed by atoms with van der Waals surface area (Å²) in [5.41, 5.74) is 0.490. The molecule has 0 unspecified atom stereocenters. The monoisotopic (exact) mass is 199 g/mol. The third-order valence-corrected chi connectivity index (χ3v) is 1.74. The minimum absolute atomic E-state index is 0.0445. The number of nitrogens with zero attached hydrogens (tertiary/aromatic N) is 1. The lowest BCUT2D eigenvalue weighted by Gasteiger charge is -1.99. The number of hydrogen-bond donors (Lipinski definition) is 0. The van der Waals surface area contributed by atoms with Crippen molar-refractivity contribution in [3.8, 4) is 0 Å². The van der Waals surface area contributed by atoms with Crippen LogP contribution in [0.3, 0.4) is 0 Å². The van der Waals surface area contributed by atoms with Crippen molar-refractivity contribution in [2.24, 2.45) is 0 Å². The van der Waals surface area contributed by atoms with Crippen LogP contribution in [0.4, 0.5) is 4.39 Å². The Bertz CT molecular complexity index is 241. The molecule has 0 saturated carbocycles. The predicted molar refractivity (Wildman–Crippen MR) is 42.2 cm³/mol. The molecule has 0 aliphatic carbocycles. The Hall–Kier alpha value is -0.375. The summed E-state index contributed by atoms with van der Waals surface area (Å²) in [5.74, 6) is -0.431. The van der Waals surface area contributed by atoms with Crippen LogP contribution in [-0.2, 0) is 5.33 Å². The molecule has 0 aliphatic heterocycles. The van der Waals surface area contributed by atoms with E-state index in [-0.39, 0.29) is 5.59 Å². The van der Waals surface area contributed by atoms with E-state index in [2.05, 4.69) is 20.9 Å². The summed E-state index contributed by atoms with van der Waals surface area (Å²) in [7, 11) is 5.19. The highest BCUT2D eigenvalue weighted by Gasteiger charge is 2.01. The molecule has 0 atom stereocenters. The van der Waals surface area contributed by atoms with E-state index >= 15 is 0 Å². The average Bonchev–Trinajstić information content (AvgIpc) is 1.95. The molecule has 1 aromatic rings. The van der Waals surface area contributed by atoms with Crippen LogP contribution in [0.15, 0.2) is 12.3 Å². The van der Waals surface area contributed by atoms with E-state index in [0.717, 1.165) is 0 Å². The fourth-order valence-corrected chi connectivity index (χ4v) is 1.04. The molecule has 1 rings (SSSR count). The molecule has 10 heavy (non-hydrogen) atoms. The van der Waals surface area contributed by atoms with Crippen molar-refractivity contribution in [2.45, 2.75) is 5.33 Å². The van der Waals surface area contributed by atoms with Gasteiger partial charge >= 0.3 is 0 Å². The van der Waals surface area contributed by atoms with Crippen LogP contribution in [-0.4, -0.2) is 12.8 Å². The number of aromatic nitrogens is 1. The zero-order chi connectivity index (χ0) is 7.56. The molecule has 0 bridgehead atoms. The maximum absolute atomic E-state index is 12.8. The molecule has 0 aliphatic rings. The van der Waals surface area contributed by atoms with Gasteiger partial charge in [0.05, 0.1) is 0 Å². The Morgan fingerprint density at radius 2 is 2.40 bits per heavy atom. The molecule has 0 spiro atoms. The van der Waals surface area contributed by atoms with Crippen molar-refractivity contribution in [3.05, 3.63) is 23.6 Å². The summed E-state index contributed by atoms with van der Waals surface area (Å²) in [4.78, 5) is 3.57. The van der Waals surface area contributed by atoms with Crippen molar-refractivity contribution >= 4 is 29.4 Å². The highest BCUT2D eigenvalue weighted by Crippen LogP contribution is 2.06. The van der Waals surface area contributed by atoms with Crippen molar-refractivity contribution in [2.75, 3.05) is 0 Å². The molecule has 50 valence electrons. The summed E-state index contributed by atoms with van der Waals surface area (Å²) >= 11 is 3.12. The Morgan fingerprint density at radius 1 is 1.70 bits per heavy atom. The molecule has 1 aromatic heterocycles. The molecular weight excluding hydrogens is 196 g/mol. The van der Waals surface area contributed by atoms with Gasteiger partial charge in [0.25, 0.3) is 0 Å². The molecule has 2 radical (unpaired) electrons. The van der Waals surface area contributed by atoms with Crippen LogP contribution >= 0.6 is 15.9 Å². The third kappa shape index (κ3) is 1.37. The molecular formula is C6H4BBrFN. The highest BCUT2D eigenvalue weighted by atomic mass is 79.9. The second kappa shape index (κ2) is 3.15. The first-order valence-electron chi connectivity index (χ1n) is 2.70. The molecule has 1 heterocycles. The first-order valence-corrected chi connectivity index (χ1v) is 3.82. The van der Waals surface area contributed by atoms with Crippen molar-refractivity contribution in [1.82, 2.24) is 4.98 Å². The van der Waals surface area contributed by atoms with Gasteiger partial charge in [-0.15, -0.1) is 0 Å². The Kier molecular flexibility index (Phi) is 2.43. The molecule has 0 saturated heterocycles. The van der Waals surface area contributed by atoms with E-state index in [4.69, 9.17) is 7.85 Å². The normalized spacial score (nSPS) is 9.80. The zero-order valence-electron chi connectivity index (χ0n) is 5.14. The van der Waals surface area contributed by atoms with E-state index < -0.39 is 5.82 Å². The second-order valence-corrected chi connectivity index (χ2v) is 2.36. The smallest absolute Gasteiger partial charge is 0.145 e. The lowest BCUT2D eigenvalue weighted by Crippen LogP contribution is -2.14. The van der Waals surface area contributed by atoms with Crippen LogP contribution in [0.25, 0.3) is 0 Å². The minimum Gasteiger partial charge on any atom is -0.270 e. The van der Waals surface area contributed by atoms with Crippen LogP contribution in [0.2, 0.25) is 0 Å². The van der Waals surface area contributed by atoms with Gasteiger partial charge in [0.1, 0.15) is 13.7 Å². The SMILES string of the molecule is [B]c1nccc(CBr)c1F. The molecule has 0 aromatic carbocycles. The maximum Gasteiger partial charge on any atom is 0.145 e. The van der Waals surface area contributed by atoms with Gasteiger partial charge in [-0.05, 0) is 6.07 Å². The summed E-state index contributed by atoms with van der Waals surface area (Å²) in [5, 5.41) is 0.464. The number of rotatable bonds is 1. The molecule has 0 N–H and O–H groups in total. The lowest BCUT2D eigenvalue weighted by atomic mass is 10.0. The fourth-order valence-electron chi connectivity index (χ4n) is 0.605. The number of halogens is 2. The van der Waals surface area contributed by atoms with Crippen molar-refractivity contribution < 1.29 is 4.39 Å². The van der Waals surface area contributed by atoms with E-state index in [0.29, 0.717) is 10.9 Å². The third-order valence-electron chi connectivity index (χ3n) is 1.14. The highest BCUT2D eigenvalue weighted by molar-refractivity contribution is 9.08. The fraction of sp³-hybridized carbons (Fsp3) is 0.167. The standard InChI is InChI=1S/C6H4BBrFN/c7-6-5(9)4(3-8)1-2-10-6/h1-2H,3H2. The quantitative estimate of drug-likeness (QED) is 0.484. The lowest BCUT2D eigenvalue weighted by molar-refractivity contribution is 0.621. The summed E-state index contributed by atoms with van der Waals surface area (Å²) < 4.78 is 12.8. The zero-order valence-corrected chi connectivity index (χ0v) is 6.73. The van der Waals surface area contributed by atoms with Gasteiger partial charge in [-0.3, -0.25) is 4.98 Å². The van der Waals surface area contributed by atoms with E-state index in [9.17, 15) is 4.39 Å². The number of hydrogen-bond acceptors (Lipinski definition) is 1. The Morgan fingerprint density at radius 3 is 2.90 bits per heavy atom. The molecule has 0 amide bonds. The van der Waals surface area contributed by atoms with Gasteiger partial charge in [0.2, 0.25) is 0 Å². The van der Waals surface area contributed by atoms with E-state index in [1.165, 1.54) is 6.20 Å². The maximum atomic E-state index is 12.8. The van der Waals surface area contributed by atoms with Crippen molar-refractivity contribution in [3.63, 3.8) is 0 Å². The van der Waals surface area contributed by atoms with Crippen LogP contribution in [0, 0.1) is 5.82 Å². The minimum atomic E-state index is -0.431. The van der Waals surface area contributed by atoms with Gasteiger partial charge in [-0.1, -0.05) is 15.9 Å². The number of alkyl halides is 1. The first-order chi connectivity index (χ1) is 4.75. The summed E-state index contributed by atoms with van der Waals surface area (Å²) in [6.07, 6.45) is 1.48. The Balaban J connectivity index is 3.14. The molecule has 0 fully saturated rings. The second-order valence-electron chi connectivity index (χ2n) is 1.80. The predicted octanol–water partition coefficient (Wildman–Crippen LogP) is 0.909. The van der Waals surface area contributed by atoms with Crippen LogP contribution in [0.5, 0.6) is 0 Å². The average molecular weight is 200 g/mol. The molecule has 4 heteroatoms. The van der Waals surface area contributed by atoms with Gasteiger partial charge in [0.15, 0.2) is 0 Å².